The second kappa shape index (κ2) is 5.03. The van der Waals surface area contributed by atoms with Crippen molar-refractivity contribution in [2.24, 2.45) is 29.1 Å². The minimum Gasteiger partial charge on any atom is -0.396 e. The average molecular weight is 352 g/mol. The molecule has 5 fully saturated rings. The first-order valence-corrected chi connectivity index (χ1v) is 10.4. The highest BCUT2D eigenvalue weighted by Gasteiger charge is 2.62. The van der Waals surface area contributed by atoms with E-state index in [1.807, 2.05) is 0 Å². The summed E-state index contributed by atoms with van der Waals surface area (Å²) in [6, 6.07) is 8.93. The monoisotopic (exact) mass is 352 g/mol. The van der Waals surface area contributed by atoms with E-state index in [2.05, 4.69) is 34.9 Å². The molecule has 5 aliphatic carbocycles. The molecule has 1 heterocycles. The first-order chi connectivity index (χ1) is 12.6. The number of carbonyl (C=O) groups excluding carboxylic acids is 1. The molecule has 4 nitrogen and oxygen atoms in total. The zero-order valence-corrected chi connectivity index (χ0v) is 15.2. The van der Waals surface area contributed by atoms with Gasteiger partial charge in [0.15, 0.2) is 0 Å². The third-order valence-electron chi connectivity index (χ3n) is 8.57. The molecule has 1 aromatic rings. The lowest BCUT2D eigenvalue weighted by Crippen LogP contribution is -2.62. The van der Waals surface area contributed by atoms with Crippen LogP contribution in [0.5, 0.6) is 0 Å². The van der Waals surface area contributed by atoms with Crippen molar-refractivity contribution in [1.29, 1.82) is 0 Å². The van der Waals surface area contributed by atoms with E-state index in [-0.39, 0.29) is 23.0 Å². The number of amides is 2. The molecule has 4 bridgehead atoms. The predicted molar refractivity (Wildman–Crippen MR) is 98.6 cm³/mol. The van der Waals surface area contributed by atoms with Gasteiger partial charge in [0.05, 0.1) is 11.6 Å². The van der Waals surface area contributed by atoms with Crippen LogP contribution < -0.4 is 10.6 Å². The smallest absolute Gasteiger partial charge is 0.315 e. The van der Waals surface area contributed by atoms with Crippen LogP contribution in [0, 0.1) is 29.1 Å². The second-order valence-corrected chi connectivity index (χ2v) is 10.1. The molecule has 6 aliphatic rings. The van der Waals surface area contributed by atoms with E-state index < -0.39 is 0 Å². The fourth-order valence-corrected chi connectivity index (χ4v) is 8.01. The van der Waals surface area contributed by atoms with Crippen molar-refractivity contribution in [3.8, 4) is 0 Å². The van der Waals surface area contributed by atoms with Gasteiger partial charge < -0.3 is 15.7 Å². The van der Waals surface area contributed by atoms with Gasteiger partial charge in [-0.15, -0.1) is 0 Å². The molecule has 1 aliphatic heterocycles. The molecule has 2 amide bonds. The summed E-state index contributed by atoms with van der Waals surface area (Å²) < 4.78 is 0. The van der Waals surface area contributed by atoms with Crippen molar-refractivity contribution in [1.82, 2.24) is 10.6 Å². The summed E-state index contributed by atoms with van der Waals surface area (Å²) in [5.41, 5.74) is 2.84. The van der Waals surface area contributed by atoms with Crippen molar-refractivity contribution in [3.05, 3.63) is 35.4 Å². The average Bonchev–Trinajstić information content (AvgIpc) is 3.13. The minimum atomic E-state index is -0.146. The summed E-state index contributed by atoms with van der Waals surface area (Å²) in [6.45, 7) is 0.356. The number of hydrogen-bond acceptors (Lipinski definition) is 2. The number of fused-ring (bicyclic) bond motifs is 1. The summed E-state index contributed by atoms with van der Waals surface area (Å²) >= 11 is 0. The van der Waals surface area contributed by atoms with Crippen molar-refractivity contribution < 1.29 is 9.90 Å². The molecule has 0 radical (unpaired) electrons. The van der Waals surface area contributed by atoms with Crippen LogP contribution in [0.3, 0.4) is 0 Å². The quantitative estimate of drug-likeness (QED) is 0.766. The Hall–Kier alpha value is -1.55. The topological polar surface area (TPSA) is 61.4 Å². The number of aliphatic hydroxyl groups is 1. The fourth-order valence-electron chi connectivity index (χ4n) is 8.01. The number of aliphatic hydroxyl groups excluding tert-OH is 1. The Morgan fingerprint density at radius 3 is 2.31 bits per heavy atom. The normalized spacial score (nSPS) is 44.2. The number of rotatable bonds is 2. The highest BCUT2D eigenvalue weighted by Crippen LogP contribution is 2.63. The highest BCUT2D eigenvalue weighted by atomic mass is 16.3. The Bertz CT molecular complexity index is 734. The zero-order chi connectivity index (χ0) is 17.5. The highest BCUT2D eigenvalue weighted by molar-refractivity contribution is 5.79. The molecule has 1 aromatic carbocycles. The Labute approximate surface area is 154 Å². The summed E-state index contributed by atoms with van der Waals surface area (Å²) in [4.78, 5) is 12.5. The first kappa shape index (κ1) is 15.5. The lowest BCUT2D eigenvalue weighted by Gasteiger charge is -2.61. The van der Waals surface area contributed by atoms with Crippen LogP contribution in [-0.2, 0) is 12.8 Å². The molecular weight excluding hydrogens is 324 g/mol. The van der Waals surface area contributed by atoms with E-state index in [9.17, 15) is 9.90 Å². The Balaban J connectivity index is 1.36. The fraction of sp³-hybridized carbons (Fsp3) is 0.682. The molecule has 4 heteroatoms. The third kappa shape index (κ3) is 1.97. The van der Waals surface area contributed by atoms with Gasteiger partial charge in [-0.25, -0.2) is 4.79 Å². The molecule has 2 unspecified atom stereocenters. The zero-order valence-electron chi connectivity index (χ0n) is 15.2. The van der Waals surface area contributed by atoms with Gasteiger partial charge in [-0.3, -0.25) is 0 Å². The van der Waals surface area contributed by atoms with Gasteiger partial charge in [0.25, 0.3) is 0 Å². The molecule has 1 saturated heterocycles. The van der Waals surface area contributed by atoms with Crippen molar-refractivity contribution in [2.45, 2.75) is 56.5 Å². The second-order valence-electron chi connectivity index (χ2n) is 10.1. The van der Waals surface area contributed by atoms with Gasteiger partial charge in [0, 0.05) is 6.61 Å². The minimum absolute atomic E-state index is 0.0217. The largest absolute Gasteiger partial charge is 0.396 e. The van der Waals surface area contributed by atoms with Crippen molar-refractivity contribution in [3.63, 3.8) is 0 Å². The summed E-state index contributed by atoms with van der Waals surface area (Å²) in [5, 5.41) is 16.8. The first-order valence-electron chi connectivity index (χ1n) is 10.4. The molecule has 0 aromatic heterocycles. The number of benzene rings is 1. The van der Waals surface area contributed by atoms with Crippen molar-refractivity contribution in [2.75, 3.05) is 6.61 Å². The maximum atomic E-state index is 12.5. The molecular formula is C22H28N2O2. The van der Waals surface area contributed by atoms with Gasteiger partial charge in [-0.05, 0) is 85.2 Å². The molecule has 7 rings (SSSR count). The lowest BCUT2D eigenvalue weighted by atomic mass is 9.44. The van der Waals surface area contributed by atoms with E-state index >= 15 is 0 Å². The van der Waals surface area contributed by atoms with Gasteiger partial charge in [-0.2, -0.15) is 0 Å². The van der Waals surface area contributed by atoms with E-state index in [0.29, 0.717) is 24.4 Å². The summed E-state index contributed by atoms with van der Waals surface area (Å²) in [6.07, 6.45) is 8.08. The Kier molecular flexibility index (Phi) is 3.00. The van der Waals surface area contributed by atoms with Crippen LogP contribution in [0.15, 0.2) is 24.3 Å². The Morgan fingerprint density at radius 1 is 1.04 bits per heavy atom. The summed E-state index contributed by atoms with van der Waals surface area (Å²) in [7, 11) is 0. The molecule has 26 heavy (non-hydrogen) atoms. The van der Waals surface area contributed by atoms with Crippen LogP contribution in [-0.4, -0.2) is 29.3 Å². The van der Waals surface area contributed by atoms with E-state index in [1.54, 1.807) is 0 Å². The molecule has 4 saturated carbocycles. The van der Waals surface area contributed by atoms with E-state index in [4.69, 9.17) is 0 Å². The predicted octanol–water partition coefficient (Wildman–Crippen LogP) is 2.64. The summed E-state index contributed by atoms with van der Waals surface area (Å²) in [5.74, 6) is 2.70. The number of carbonyl (C=O) groups is 1. The van der Waals surface area contributed by atoms with Crippen LogP contribution in [0.25, 0.3) is 0 Å². The van der Waals surface area contributed by atoms with Crippen molar-refractivity contribution >= 4 is 6.03 Å². The van der Waals surface area contributed by atoms with Crippen LogP contribution in [0.1, 0.15) is 43.2 Å². The number of urea groups is 1. The van der Waals surface area contributed by atoms with Crippen LogP contribution in [0.4, 0.5) is 4.79 Å². The standard InChI is InChI=1S/C22H28N2O2/c25-12-21-7-13-5-16(8-21)18(17(6-13)9-21)19-22(24-20(26)23-19)10-14-3-1-2-4-15(14)11-22/h1-4,13,16-19,25H,5-12H2,(H2,23,24,26)/t13?,16?,17?,18?,19-,21?/m1/s1. The maximum absolute atomic E-state index is 12.5. The Morgan fingerprint density at radius 2 is 1.69 bits per heavy atom. The van der Waals surface area contributed by atoms with E-state index in [1.165, 1.54) is 30.4 Å². The van der Waals surface area contributed by atoms with Gasteiger partial charge in [0.2, 0.25) is 0 Å². The SMILES string of the molecule is O=C1N[C@H](C2C3CC4CC2CC(CO)(C4)C3)C2(Cc3ccccc3C2)N1. The van der Waals surface area contributed by atoms with Gasteiger partial charge >= 0.3 is 6.03 Å². The lowest BCUT2D eigenvalue weighted by molar-refractivity contribution is -0.127. The van der Waals surface area contributed by atoms with Crippen LogP contribution >= 0.6 is 0 Å². The number of nitrogens with one attached hydrogen (secondary N) is 2. The van der Waals surface area contributed by atoms with E-state index in [0.717, 1.165) is 31.6 Å². The van der Waals surface area contributed by atoms with Crippen LogP contribution in [0.2, 0.25) is 0 Å². The van der Waals surface area contributed by atoms with Gasteiger partial charge in [-0.1, -0.05) is 24.3 Å². The third-order valence-corrected chi connectivity index (χ3v) is 8.57. The van der Waals surface area contributed by atoms with Gasteiger partial charge in [0.1, 0.15) is 0 Å². The maximum Gasteiger partial charge on any atom is 0.315 e. The molecule has 3 atom stereocenters. The number of hydrogen-bond donors (Lipinski definition) is 3. The molecule has 138 valence electrons. The molecule has 3 N–H and O–H groups in total. The molecule has 1 spiro atoms.